The fraction of sp³-hybridized carbons (Fsp3) is 0.600. The molecular weight excluding hydrogens is 274 g/mol. The number of aryl methyl sites for hydroxylation is 1. The number of nitrogens with zero attached hydrogens (tertiary/aromatic N) is 1. The standard InChI is InChI=1S/C15H25NO3S/c1-5-10-16(11-6-2)20(17,18)15-12-13(7-3)8-9-14(15)19-4/h8-9,12H,5-7,10-11H2,1-4H3. The lowest BCUT2D eigenvalue weighted by atomic mass is 10.2. The van der Waals surface area contributed by atoms with Crippen molar-refractivity contribution in [3.05, 3.63) is 23.8 Å². The fourth-order valence-electron chi connectivity index (χ4n) is 2.13. The Morgan fingerprint density at radius 2 is 1.70 bits per heavy atom. The Balaban J connectivity index is 3.30. The summed E-state index contributed by atoms with van der Waals surface area (Å²) in [4.78, 5) is 0.279. The number of sulfonamides is 1. The summed E-state index contributed by atoms with van der Waals surface area (Å²) >= 11 is 0. The highest BCUT2D eigenvalue weighted by molar-refractivity contribution is 7.89. The highest BCUT2D eigenvalue weighted by Gasteiger charge is 2.26. The van der Waals surface area contributed by atoms with E-state index in [2.05, 4.69) is 0 Å². The average Bonchev–Trinajstić information content (AvgIpc) is 2.46. The molecule has 0 saturated carbocycles. The van der Waals surface area contributed by atoms with E-state index in [0.717, 1.165) is 24.8 Å². The molecule has 1 aromatic carbocycles. The van der Waals surface area contributed by atoms with Crippen molar-refractivity contribution >= 4 is 10.0 Å². The number of hydrogen-bond donors (Lipinski definition) is 0. The van der Waals surface area contributed by atoms with Gasteiger partial charge in [-0.2, -0.15) is 4.31 Å². The van der Waals surface area contributed by atoms with Crippen LogP contribution in [-0.2, 0) is 16.4 Å². The maximum atomic E-state index is 12.8. The molecular formula is C15H25NO3S. The molecule has 0 aliphatic heterocycles. The second-order valence-corrected chi connectivity index (χ2v) is 6.65. The zero-order valence-corrected chi connectivity index (χ0v) is 13.7. The molecule has 0 spiro atoms. The van der Waals surface area contributed by atoms with Crippen LogP contribution in [0.1, 0.15) is 39.2 Å². The largest absolute Gasteiger partial charge is 0.495 e. The molecule has 0 radical (unpaired) electrons. The minimum absolute atomic E-state index is 0.279. The maximum absolute atomic E-state index is 12.8. The van der Waals surface area contributed by atoms with Gasteiger partial charge in [-0.25, -0.2) is 8.42 Å². The van der Waals surface area contributed by atoms with Gasteiger partial charge >= 0.3 is 0 Å². The Bertz CT molecular complexity index is 520. The molecule has 1 aromatic rings. The highest BCUT2D eigenvalue weighted by Crippen LogP contribution is 2.28. The summed E-state index contributed by atoms with van der Waals surface area (Å²) in [5, 5.41) is 0. The van der Waals surface area contributed by atoms with E-state index >= 15 is 0 Å². The van der Waals surface area contributed by atoms with Gasteiger partial charge in [0.1, 0.15) is 10.6 Å². The van der Waals surface area contributed by atoms with E-state index in [1.54, 1.807) is 16.4 Å². The van der Waals surface area contributed by atoms with Crippen molar-refractivity contribution in [2.24, 2.45) is 0 Å². The third-order valence-electron chi connectivity index (χ3n) is 3.20. The van der Waals surface area contributed by atoms with Crippen LogP contribution in [-0.4, -0.2) is 32.9 Å². The summed E-state index contributed by atoms with van der Waals surface area (Å²) in [5.41, 5.74) is 0.998. The van der Waals surface area contributed by atoms with Crippen LogP contribution in [0.25, 0.3) is 0 Å². The Kier molecular flexibility index (Phi) is 6.49. The van der Waals surface area contributed by atoms with E-state index in [9.17, 15) is 8.42 Å². The molecule has 4 nitrogen and oxygen atoms in total. The molecule has 0 saturated heterocycles. The topological polar surface area (TPSA) is 46.6 Å². The van der Waals surface area contributed by atoms with Crippen LogP contribution in [0.4, 0.5) is 0 Å². The molecule has 20 heavy (non-hydrogen) atoms. The number of benzene rings is 1. The molecule has 1 rings (SSSR count). The molecule has 0 heterocycles. The lowest BCUT2D eigenvalue weighted by molar-refractivity contribution is 0.387. The number of rotatable bonds is 8. The first-order chi connectivity index (χ1) is 9.51. The van der Waals surface area contributed by atoms with Crippen molar-refractivity contribution in [2.75, 3.05) is 20.2 Å². The minimum atomic E-state index is -3.49. The zero-order valence-electron chi connectivity index (χ0n) is 12.8. The van der Waals surface area contributed by atoms with E-state index < -0.39 is 10.0 Å². The van der Waals surface area contributed by atoms with Gasteiger partial charge in [-0.1, -0.05) is 26.8 Å². The first-order valence-corrected chi connectivity index (χ1v) is 8.62. The number of ether oxygens (including phenoxy) is 1. The van der Waals surface area contributed by atoms with E-state index in [0.29, 0.717) is 18.8 Å². The predicted molar refractivity (Wildman–Crippen MR) is 81.7 cm³/mol. The van der Waals surface area contributed by atoms with Gasteiger partial charge in [0.05, 0.1) is 7.11 Å². The Morgan fingerprint density at radius 3 is 2.15 bits per heavy atom. The van der Waals surface area contributed by atoms with E-state index in [1.807, 2.05) is 26.8 Å². The third kappa shape index (κ3) is 3.73. The van der Waals surface area contributed by atoms with Crippen LogP contribution in [0, 0.1) is 0 Å². The van der Waals surface area contributed by atoms with Crippen molar-refractivity contribution < 1.29 is 13.2 Å². The van der Waals surface area contributed by atoms with Crippen LogP contribution in [0.3, 0.4) is 0 Å². The molecule has 114 valence electrons. The SMILES string of the molecule is CCCN(CCC)S(=O)(=O)c1cc(CC)ccc1OC. The van der Waals surface area contributed by atoms with Gasteiger partial charge in [-0.05, 0) is 37.0 Å². The molecule has 0 amide bonds. The smallest absolute Gasteiger partial charge is 0.246 e. The van der Waals surface area contributed by atoms with Gasteiger partial charge in [0.25, 0.3) is 0 Å². The van der Waals surface area contributed by atoms with Crippen molar-refractivity contribution in [1.29, 1.82) is 0 Å². The molecule has 0 N–H and O–H groups in total. The summed E-state index contributed by atoms with van der Waals surface area (Å²) < 4.78 is 32.4. The summed E-state index contributed by atoms with van der Waals surface area (Å²) in [6, 6.07) is 5.37. The second-order valence-electron chi connectivity index (χ2n) is 4.74. The zero-order chi connectivity index (χ0) is 15.2. The molecule has 0 bridgehead atoms. The monoisotopic (exact) mass is 299 g/mol. The van der Waals surface area contributed by atoms with Gasteiger partial charge in [0.2, 0.25) is 10.0 Å². The number of hydrogen-bond acceptors (Lipinski definition) is 3. The van der Waals surface area contributed by atoms with Crippen LogP contribution in [0.5, 0.6) is 5.75 Å². The normalized spacial score (nSPS) is 11.8. The fourth-order valence-corrected chi connectivity index (χ4v) is 3.96. The summed E-state index contributed by atoms with van der Waals surface area (Å²) in [6.45, 7) is 7.05. The van der Waals surface area contributed by atoms with Crippen molar-refractivity contribution in [3.8, 4) is 5.75 Å². The Labute approximate surface area is 122 Å². The average molecular weight is 299 g/mol. The van der Waals surface area contributed by atoms with Crippen molar-refractivity contribution in [3.63, 3.8) is 0 Å². The molecule has 0 aliphatic carbocycles. The first-order valence-electron chi connectivity index (χ1n) is 7.18. The van der Waals surface area contributed by atoms with Gasteiger partial charge < -0.3 is 4.74 Å². The first kappa shape index (κ1) is 17.0. The van der Waals surface area contributed by atoms with E-state index in [-0.39, 0.29) is 4.90 Å². The highest BCUT2D eigenvalue weighted by atomic mass is 32.2. The van der Waals surface area contributed by atoms with Crippen LogP contribution in [0.15, 0.2) is 23.1 Å². The molecule has 0 unspecified atom stereocenters. The van der Waals surface area contributed by atoms with Crippen LogP contribution in [0.2, 0.25) is 0 Å². The molecule has 0 aromatic heterocycles. The van der Waals surface area contributed by atoms with E-state index in [4.69, 9.17) is 4.74 Å². The van der Waals surface area contributed by atoms with Gasteiger partial charge in [-0.15, -0.1) is 0 Å². The molecule has 5 heteroatoms. The molecule has 0 atom stereocenters. The van der Waals surface area contributed by atoms with Gasteiger partial charge in [0.15, 0.2) is 0 Å². The molecule has 0 aliphatic rings. The predicted octanol–water partition coefficient (Wildman–Crippen LogP) is 3.07. The van der Waals surface area contributed by atoms with Crippen LogP contribution < -0.4 is 4.74 Å². The van der Waals surface area contributed by atoms with Crippen molar-refractivity contribution in [2.45, 2.75) is 44.9 Å². The quantitative estimate of drug-likeness (QED) is 0.741. The van der Waals surface area contributed by atoms with Crippen LogP contribution >= 0.6 is 0 Å². The van der Waals surface area contributed by atoms with Gasteiger partial charge in [0, 0.05) is 13.1 Å². The Hall–Kier alpha value is -1.07. The number of methoxy groups -OCH3 is 1. The minimum Gasteiger partial charge on any atom is -0.495 e. The van der Waals surface area contributed by atoms with Gasteiger partial charge in [-0.3, -0.25) is 0 Å². The lowest BCUT2D eigenvalue weighted by Crippen LogP contribution is -2.32. The summed E-state index contributed by atoms with van der Waals surface area (Å²) in [6.07, 6.45) is 2.40. The molecule has 0 fully saturated rings. The van der Waals surface area contributed by atoms with E-state index in [1.165, 1.54) is 7.11 Å². The maximum Gasteiger partial charge on any atom is 0.246 e. The second kappa shape index (κ2) is 7.64. The van der Waals surface area contributed by atoms with Crippen molar-refractivity contribution in [1.82, 2.24) is 4.31 Å². The summed E-state index contributed by atoms with van der Waals surface area (Å²) in [5.74, 6) is 0.416. The lowest BCUT2D eigenvalue weighted by Gasteiger charge is -2.22. The Morgan fingerprint density at radius 1 is 1.10 bits per heavy atom. The third-order valence-corrected chi connectivity index (χ3v) is 5.12. The summed E-state index contributed by atoms with van der Waals surface area (Å²) in [7, 11) is -1.99.